The Morgan fingerprint density at radius 1 is 0.721 bits per heavy atom. The molecule has 0 unspecified atom stereocenters. The molecule has 0 spiro atoms. The molecular weight excluding hydrogens is 1580 g/mol. The van der Waals surface area contributed by atoms with Gasteiger partial charge in [0.1, 0.15) is 60.4 Å². The largest absolute Gasteiger partial charge is 0.460 e. The number of oxazole rings is 1. The third-order valence-electron chi connectivity index (χ3n) is 23.8. The smallest absolute Gasteiger partial charge is 0.407 e. The van der Waals surface area contributed by atoms with E-state index < -0.39 is 114 Å². The summed E-state index contributed by atoms with van der Waals surface area (Å²) in [5.74, 6) is -8.57. The molecule has 33 nitrogen and oxygen atoms in total. The molecule has 7 heterocycles. The van der Waals surface area contributed by atoms with Crippen molar-refractivity contribution in [3.8, 4) is 11.3 Å². The van der Waals surface area contributed by atoms with E-state index in [1.54, 1.807) is 59.0 Å². The Morgan fingerprint density at radius 3 is 2.11 bits per heavy atom. The number of amides is 3. The third-order valence-corrected chi connectivity index (χ3v) is 23.8. The molecule has 1 saturated carbocycles. The van der Waals surface area contributed by atoms with Crippen LogP contribution in [0.2, 0.25) is 0 Å². The van der Waals surface area contributed by atoms with Crippen LogP contribution in [0.5, 0.6) is 0 Å². The quantitative estimate of drug-likeness (QED) is 0.00930. The number of cyclic esters (lactones) is 1. The summed E-state index contributed by atoms with van der Waals surface area (Å²) < 4.78 is 77.6. The standard InChI is InChI=1S/C89H128N10O23/c1-55-15-11-10-12-16-56(2)72(110-8)49-67-23-18-61(7)89(109,122-67)82(105)85(106)98-28-14-13-17-69(98)86(107)119-73(58(4)45-62-20-24-70(100)75(47-62)111-9)50-74(57(3)44-60(6)80(103)81(104)79(102)59(5)43-55)121-88(108)92-27-30-112-31-32-113-33-34-114-35-36-115-37-38-116-39-40-117-41-42-118-53-76(101)97-29-26-64-46-63(19-21-66(64)52-97)51-99-84-77(83(90)93-54-94-84)78(96-99)65-22-25-71-68(48-65)95-87(91)120-71/h10-12,15-16,19,21-22,25,44,46,48,54-55,57-59,61-62,67,69-70,72-75,80-81,100,103-104,109H,13-14,17-18,20,23-24,26-43,45,47,49-53H2,1-9H3,(H2,91,95)(H,92,108)(H2,90,93,94)/b12-10+,15-11+,56-16+,60-44+/t55-,57-,58-,59-,61-,62+,67+,69+,70-,72+,73+,74-,75-,80-,81+,89-/m1/s1. The van der Waals surface area contributed by atoms with E-state index >= 15 is 0 Å². The number of carbonyl (C=O) groups is 6. The number of nitrogens with two attached hydrogens (primary N) is 2. The number of nitrogens with one attached hydrogen (secondary N) is 1. The van der Waals surface area contributed by atoms with Crippen LogP contribution in [-0.2, 0) is 100 Å². The minimum Gasteiger partial charge on any atom is -0.460 e. The Morgan fingerprint density at radius 2 is 1.42 bits per heavy atom. The van der Waals surface area contributed by atoms with Gasteiger partial charge in [0.25, 0.3) is 17.7 Å². The SMILES string of the molecule is CO[C@H]1C[C@@H]2CC[C@@H](C)[C@@](O)(O2)C(=O)C(=O)N2CCCC[C@H]2C(=O)O[C@H]([C@H](C)C[C@@H]2CC[C@@H](O)[C@H](OC)C2)C[C@@H](OC(=O)NCCOCCOCCOCCOCCOCCOCCOCC(=O)N2CCc3cc(Cn4nc(-c5ccc6oc(N)nc6c5)c5c(N)ncnc54)ccc3C2)[C@H](C)/C=C(\C)[C@@H](O)[C@@H](O)C(=O)[C@H](C)C[C@H](C)/C=C/C=C/C=C/1C. The van der Waals surface area contributed by atoms with Crippen molar-refractivity contribution in [3.63, 3.8) is 0 Å². The molecule has 122 heavy (non-hydrogen) atoms. The van der Waals surface area contributed by atoms with E-state index in [1.807, 2.05) is 74.0 Å². The molecule has 3 fully saturated rings. The van der Waals surface area contributed by atoms with Gasteiger partial charge in [-0.3, -0.25) is 19.2 Å². The first-order valence-corrected chi connectivity index (χ1v) is 43.0. The van der Waals surface area contributed by atoms with Gasteiger partial charge in [0.2, 0.25) is 11.7 Å². The zero-order valence-corrected chi connectivity index (χ0v) is 72.1. The van der Waals surface area contributed by atoms with Gasteiger partial charge < -0.3 is 108 Å². The summed E-state index contributed by atoms with van der Waals surface area (Å²) in [6, 6.07) is 10.6. The van der Waals surface area contributed by atoms with Gasteiger partial charge >= 0.3 is 12.1 Å². The van der Waals surface area contributed by atoms with E-state index in [1.165, 1.54) is 11.2 Å². The summed E-state index contributed by atoms with van der Waals surface area (Å²) >= 11 is 0. The average Bonchev–Trinajstić information content (AvgIpc) is 1.68. The van der Waals surface area contributed by atoms with Crippen LogP contribution < -0.4 is 16.8 Å². The highest BCUT2D eigenvalue weighted by molar-refractivity contribution is 6.39. The minimum absolute atomic E-state index is 0.0198. The number of alkyl carbamates (subject to hydrolysis) is 1. The van der Waals surface area contributed by atoms with Crippen LogP contribution in [0, 0.1) is 35.5 Å². The van der Waals surface area contributed by atoms with Crippen molar-refractivity contribution >= 4 is 69.4 Å². The van der Waals surface area contributed by atoms with E-state index in [0.717, 1.165) is 27.8 Å². The molecular formula is C89H128N10O23. The predicted molar refractivity (Wildman–Crippen MR) is 451 cm³/mol. The Bertz CT molecular complexity index is 4360. The second-order valence-electron chi connectivity index (χ2n) is 33.0. The van der Waals surface area contributed by atoms with Crippen LogP contribution >= 0.6 is 0 Å². The number of aliphatic hydroxyl groups excluding tert-OH is 3. The van der Waals surface area contributed by atoms with Crippen LogP contribution in [0.25, 0.3) is 33.4 Å². The maximum Gasteiger partial charge on any atom is 0.407 e. The Kier molecular flexibility index (Phi) is 37.3. The second kappa shape index (κ2) is 47.5. The zero-order chi connectivity index (χ0) is 87.4. The van der Waals surface area contributed by atoms with Crippen molar-refractivity contribution in [2.75, 3.05) is 138 Å². The number of carbonyl (C=O) groups excluding carboxylic acids is 6. The number of nitrogens with zero attached hydrogens (tertiary/aromatic N) is 7. The van der Waals surface area contributed by atoms with Crippen molar-refractivity contribution in [1.29, 1.82) is 0 Å². The molecule has 1 aliphatic carbocycles. The first-order valence-electron chi connectivity index (χ1n) is 43.0. The molecule has 16 atom stereocenters. The maximum absolute atomic E-state index is 15.0. The average molecular weight is 1710 g/mol. The van der Waals surface area contributed by atoms with Crippen molar-refractivity contribution < 1.29 is 110 Å². The number of fused-ring (bicyclic) bond motifs is 6. The summed E-state index contributed by atoms with van der Waals surface area (Å²) in [4.78, 5) is 101. The van der Waals surface area contributed by atoms with Gasteiger partial charge in [-0.05, 0) is 148 Å². The number of nitrogen functional groups attached to an aromatic ring is 2. The molecule has 672 valence electrons. The van der Waals surface area contributed by atoms with Crippen LogP contribution in [0.4, 0.5) is 16.6 Å². The maximum atomic E-state index is 15.0. The number of hydrogen-bond acceptors (Lipinski definition) is 29. The van der Waals surface area contributed by atoms with Gasteiger partial charge in [0.15, 0.2) is 17.0 Å². The first-order chi connectivity index (χ1) is 58.7. The number of ketones is 2. The molecule has 5 aliphatic rings. The number of aliphatic hydroxyl groups is 4. The third kappa shape index (κ3) is 27.0. The normalized spacial score (nSPS) is 28.2. The summed E-state index contributed by atoms with van der Waals surface area (Å²) in [6.07, 6.45) is 9.19. The molecule has 9 N–H and O–H groups in total. The lowest BCUT2D eigenvalue weighted by atomic mass is 9.78. The van der Waals surface area contributed by atoms with Gasteiger partial charge in [-0.15, -0.1) is 0 Å². The summed E-state index contributed by atoms with van der Waals surface area (Å²) in [6.45, 7) is 17.7. The van der Waals surface area contributed by atoms with Crippen LogP contribution in [0.1, 0.15) is 142 Å². The van der Waals surface area contributed by atoms with E-state index in [2.05, 4.69) is 32.4 Å². The lowest BCUT2D eigenvalue weighted by molar-refractivity contribution is -0.265. The fourth-order valence-corrected chi connectivity index (χ4v) is 16.7. The molecule has 10 rings (SSSR count). The number of esters is 1. The van der Waals surface area contributed by atoms with Crippen molar-refractivity contribution in [3.05, 3.63) is 107 Å². The van der Waals surface area contributed by atoms with E-state index in [-0.39, 0.29) is 94.7 Å². The summed E-state index contributed by atoms with van der Waals surface area (Å²) in [5, 5.41) is 54.4. The fraction of sp³-hybridized carbons (Fsp3) is 0.640. The van der Waals surface area contributed by atoms with Crippen LogP contribution in [-0.4, -0.2) is 277 Å². The van der Waals surface area contributed by atoms with E-state index in [4.69, 9.17) is 77.8 Å². The first kappa shape index (κ1) is 95.7. The highest BCUT2D eigenvalue weighted by atomic mass is 16.6. The number of aromatic nitrogens is 5. The Hall–Kier alpha value is -8.52. The number of benzene rings is 2. The van der Waals surface area contributed by atoms with Gasteiger partial charge in [0.05, 0.1) is 122 Å². The number of ether oxygens (including phenoxy) is 12. The highest BCUT2D eigenvalue weighted by Crippen LogP contribution is 2.40. The van der Waals surface area contributed by atoms with Gasteiger partial charge in [0, 0.05) is 76.6 Å². The second-order valence-corrected chi connectivity index (χ2v) is 33.0. The van der Waals surface area contributed by atoms with E-state index in [9.17, 15) is 49.2 Å². The monoisotopic (exact) mass is 1700 g/mol. The number of piperidine rings is 1. The molecule has 4 aliphatic heterocycles. The number of rotatable bonds is 32. The number of anilines is 2. The Balaban J connectivity index is 0.627. The number of hydrogen-bond donors (Lipinski definition) is 7. The molecule has 33 heteroatoms. The van der Waals surface area contributed by atoms with Gasteiger partial charge in [-0.1, -0.05) is 89.3 Å². The summed E-state index contributed by atoms with van der Waals surface area (Å²) in [7, 11) is 3.11. The van der Waals surface area contributed by atoms with Crippen LogP contribution in [0.3, 0.4) is 0 Å². The molecule has 2 saturated heterocycles. The fourth-order valence-electron chi connectivity index (χ4n) is 16.7. The molecule has 0 radical (unpaired) electrons. The lowest BCUT2D eigenvalue weighted by Gasteiger charge is -2.43. The molecule has 2 bridgehead atoms. The van der Waals surface area contributed by atoms with Crippen LogP contribution in [0.15, 0.2) is 94.7 Å². The van der Waals surface area contributed by atoms with Crippen molar-refractivity contribution in [2.24, 2.45) is 35.5 Å². The van der Waals surface area contributed by atoms with E-state index in [0.29, 0.717) is 177 Å². The van der Waals surface area contributed by atoms with Crippen molar-refractivity contribution in [2.45, 2.75) is 206 Å². The molecule has 3 amide bonds. The molecule has 2 aromatic carbocycles. The topological polar surface area (TPSA) is 434 Å². The van der Waals surface area contributed by atoms with Gasteiger partial charge in [-0.25, -0.2) is 24.2 Å². The number of allylic oxidation sites excluding steroid dienone is 5. The predicted octanol–water partition coefficient (Wildman–Crippen LogP) is 7.91. The molecule has 3 aromatic heterocycles. The number of methoxy groups -OCH3 is 2. The molecule has 5 aromatic rings. The highest BCUT2D eigenvalue weighted by Gasteiger charge is 2.53. The summed E-state index contributed by atoms with van der Waals surface area (Å²) in [5.41, 5.74) is 19.6. The van der Waals surface area contributed by atoms with Gasteiger partial charge in [-0.2, -0.15) is 10.1 Å². The van der Waals surface area contributed by atoms with Crippen molar-refractivity contribution in [1.82, 2.24) is 39.8 Å². The number of Topliss-reactive ketones (excluding diaryl/α,β-unsaturated/α-hetero) is 2. The lowest BCUT2D eigenvalue weighted by Crippen LogP contribution is -2.61. The zero-order valence-electron chi connectivity index (χ0n) is 72.1. The minimum atomic E-state index is -2.50. The Labute approximate surface area is 713 Å².